The summed E-state index contributed by atoms with van der Waals surface area (Å²) >= 11 is 0. The van der Waals surface area contributed by atoms with Gasteiger partial charge < -0.3 is 5.73 Å². The van der Waals surface area contributed by atoms with Gasteiger partial charge in [-0.1, -0.05) is 23.8 Å². The molecule has 2 aromatic heterocycles. The number of nitrogens with two attached hydrogens (primary N) is 1. The van der Waals surface area contributed by atoms with Crippen molar-refractivity contribution >= 4 is 5.82 Å². The standard InChI is InChI=1S/C14H13N5/c1-10-4-2-5-11(8-10)12-9-13(15)19(18-12)14-6-3-7-16-17-14/h2-9H,15H2,1H3. The van der Waals surface area contributed by atoms with Crippen molar-refractivity contribution in [1.82, 2.24) is 20.0 Å². The van der Waals surface area contributed by atoms with E-state index in [2.05, 4.69) is 21.4 Å². The van der Waals surface area contributed by atoms with Crippen LogP contribution in [0, 0.1) is 6.92 Å². The van der Waals surface area contributed by atoms with Crippen molar-refractivity contribution in [3.8, 4) is 17.1 Å². The maximum absolute atomic E-state index is 5.98. The highest BCUT2D eigenvalue weighted by atomic mass is 15.4. The maximum atomic E-state index is 5.98. The van der Waals surface area contributed by atoms with E-state index in [0.717, 1.165) is 11.3 Å². The number of nitrogens with zero attached hydrogens (tertiary/aromatic N) is 4. The van der Waals surface area contributed by atoms with Gasteiger partial charge in [0.1, 0.15) is 5.82 Å². The van der Waals surface area contributed by atoms with E-state index < -0.39 is 0 Å². The molecule has 0 bridgehead atoms. The molecule has 5 heteroatoms. The lowest BCUT2D eigenvalue weighted by molar-refractivity contribution is 0.825. The van der Waals surface area contributed by atoms with E-state index in [1.165, 1.54) is 5.56 Å². The number of rotatable bonds is 2. The molecule has 0 saturated carbocycles. The molecule has 0 saturated heterocycles. The van der Waals surface area contributed by atoms with Gasteiger partial charge in [-0.25, -0.2) is 0 Å². The largest absolute Gasteiger partial charge is 0.384 e. The highest BCUT2D eigenvalue weighted by Gasteiger charge is 2.09. The molecular weight excluding hydrogens is 238 g/mol. The summed E-state index contributed by atoms with van der Waals surface area (Å²) in [5, 5.41) is 12.3. The molecule has 0 spiro atoms. The van der Waals surface area contributed by atoms with E-state index in [4.69, 9.17) is 5.73 Å². The van der Waals surface area contributed by atoms with Crippen molar-refractivity contribution < 1.29 is 0 Å². The van der Waals surface area contributed by atoms with Gasteiger partial charge in [0, 0.05) is 17.8 Å². The van der Waals surface area contributed by atoms with Crippen LogP contribution >= 0.6 is 0 Å². The highest BCUT2D eigenvalue weighted by molar-refractivity contribution is 5.63. The fourth-order valence-corrected chi connectivity index (χ4v) is 1.93. The normalized spacial score (nSPS) is 10.6. The number of anilines is 1. The van der Waals surface area contributed by atoms with E-state index in [1.54, 1.807) is 16.9 Å². The first-order valence-electron chi connectivity index (χ1n) is 5.95. The first-order valence-corrected chi connectivity index (χ1v) is 5.95. The zero-order chi connectivity index (χ0) is 13.2. The molecule has 19 heavy (non-hydrogen) atoms. The lowest BCUT2D eigenvalue weighted by Crippen LogP contribution is -2.04. The Morgan fingerprint density at radius 1 is 1.11 bits per heavy atom. The summed E-state index contributed by atoms with van der Waals surface area (Å²) in [5.41, 5.74) is 9.03. The molecule has 5 nitrogen and oxygen atoms in total. The van der Waals surface area contributed by atoms with Crippen molar-refractivity contribution in [2.45, 2.75) is 6.92 Å². The Balaban J connectivity index is 2.07. The quantitative estimate of drug-likeness (QED) is 0.758. The van der Waals surface area contributed by atoms with Crippen LogP contribution in [0.4, 0.5) is 5.82 Å². The number of hydrogen-bond acceptors (Lipinski definition) is 4. The zero-order valence-corrected chi connectivity index (χ0v) is 10.5. The maximum Gasteiger partial charge on any atom is 0.177 e. The van der Waals surface area contributed by atoms with E-state index in [0.29, 0.717) is 11.6 Å². The fraction of sp³-hybridized carbons (Fsp3) is 0.0714. The second kappa shape index (κ2) is 4.53. The topological polar surface area (TPSA) is 69.6 Å². The second-order valence-electron chi connectivity index (χ2n) is 4.32. The van der Waals surface area contributed by atoms with Crippen LogP contribution in [0.3, 0.4) is 0 Å². The summed E-state index contributed by atoms with van der Waals surface area (Å²) in [6.07, 6.45) is 1.62. The molecular formula is C14H13N5. The van der Waals surface area contributed by atoms with Gasteiger partial charge in [0.15, 0.2) is 5.82 Å². The molecule has 94 valence electrons. The van der Waals surface area contributed by atoms with Gasteiger partial charge in [-0.2, -0.15) is 14.9 Å². The van der Waals surface area contributed by atoms with Gasteiger partial charge in [-0.15, -0.1) is 5.10 Å². The number of hydrogen-bond donors (Lipinski definition) is 1. The van der Waals surface area contributed by atoms with Gasteiger partial charge >= 0.3 is 0 Å². The molecule has 2 N–H and O–H groups in total. The summed E-state index contributed by atoms with van der Waals surface area (Å²) in [6.45, 7) is 2.05. The summed E-state index contributed by atoms with van der Waals surface area (Å²) in [6, 6.07) is 13.6. The molecule has 0 aliphatic rings. The van der Waals surface area contributed by atoms with Crippen molar-refractivity contribution in [2.75, 3.05) is 5.73 Å². The molecule has 0 aliphatic heterocycles. The molecule has 0 unspecified atom stereocenters. The Hall–Kier alpha value is -2.69. The summed E-state index contributed by atoms with van der Waals surface area (Å²) in [5.74, 6) is 1.15. The molecule has 0 amide bonds. The minimum Gasteiger partial charge on any atom is -0.384 e. The minimum atomic E-state index is 0.539. The molecule has 0 aliphatic carbocycles. The summed E-state index contributed by atoms with van der Waals surface area (Å²) in [4.78, 5) is 0. The van der Waals surface area contributed by atoms with E-state index in [-0.39, 0.29) is 0 Å². The molecule has 1 aromatic carbocycles. The smallest absolute Gasteiger partial charge is 0.177 e. The highest BCUT2D eigenvalue weighted by Crippen LogP contribution is 2.22. The van der Waals surface area contributed by atoms with Gasteiger partial charge in [-0.05, 0) is 25.1 Å². The van der Waals surface area contributed by atoms with Crippen LogP contribution in [0.25, 0.3) is 17.1 Å². The van der Waals surface area contributed by atoms with Crippen LogP contribution < -0.4 is 5.73 Å². The van der Waals surface area contributed by atoms with Crippen LogP contribution in [0.15, 0.2) is 48.7 Å². The van der Waals surface area contributed by atoms with Crippen LogP contribution in [-0.4, -0.2) is 20.0 Å². The van der Waals surface area contributed by atoms with E-state index in [9.17, 15) is 0 Å². The predicted octanol–water partition coefficient (Wildman–Crippen LogP) is 2.22. The Bertz CT molecular complexity index is 703. The van der Waals surface area contributed by atoms with Crippen molar-refractivity contribution in [3.05, 3.63) is 54.2 Å². The second-order valence-corrected chi connectivity index (χ2v) is 4.32. The molecule has 3 rings (SSSR count). The minimum absolute atomic E-state index is 0.539. The number of nitrogen functional groups attached to an aromatic ring is 1. The Morgan fingerprint density at radius 3 is 2.74 bits per heavy atom. The van der Waals surface area contributed by atoms with Crippen LogP contribution in [0.1, 0.15) is 5.56 Å². The molecule has 2 heterocycles. The number of aryl methyl sites for hydroxylation is 1. The molecule has 0 atom stereocenters. The van der Waals surface area contributed by atoms with Crippen molar-refractivity contribution in [1.29, 1.82) is 0 Å². The fourth-order valence-electron chi connectivity index (χ4n) is 1.93. The molecule has 3 aromatic rings. The van der Waals surface area contributed by atoms with Gasteiger partial charge in [0.25, 0.3) is 0 Å². The lowest BCUT2D eigenvalue weighted by Gasteiger charge is -2.00. The summed E-state index contributed by atoms with van der Waals surface area (Å²) in [7, 11) is 0. The average Bonchev–Trinajstić information content (AvgIpc) is 2.82. The van der Waals surface area contributed by atoms with Crippen molar-refractivity contribution in [2.24, 2.45) is 0 Å². The average molecular weight is 251 g/mol. The van der Waals surface area contributed by atoms with Gasteiger partial charge in [0.2, 0.25) is 0 Å². The van der Waals surface area contributed by atoms with E-state index in [1.807, 2.05) is 37.3 Å². The van der Waals surface area contributed by atoms with Crippen molar-refractivity contribution in [3.63, 3.8) is 0 Å². The lowest BCUT2D eigenvalue weighted by atomic mass is 10.1. The van der Waals surface area contributed by atoms with Gasteiger partial charge in [-0.3, -0.25) is 0 Å². The number of benzene rings is 1. The Kier molecular flexibility index (Phi) is 2.72. The summed E-state index contributed by atoms with van der Waals surface area (Å²) < 4.78 is 1.59. The number of aromatic nitrogens is 4. The zero-order valence-electron chi connectivity index (χ0n) is 10.5. The third kappa shape index (κ3) is 2.18. The van der Waals surface area contributed by atoms with Crippen LogP contribution in [0.2, 0.25) is 0 Å². The Morgan fingerprint density at radius 2 is 2.00 bits per heavy atom. The van der Waals surface area contributed by atoms with E-state index >= 15 is 0 Å². The third-order valence-electron chi connectivity index (χ3n) is 2.83. The van der Waals surface area contributed by atoms with Gasteiger partial charge in [0.05, 0.1) is 5.69 Å². The molecule has 0 radical (unpaired) electrons. The predicted molar refractivity (Wildman–Crippen MR) is 73.7 cm³/mol. The van der Waals surface area contributed by atoms with Crippen LogP contribution in [0.5, 0.6) is 0 Å². The monoisotopic (exact) mass is 251 g/mol. The first kappa shape index (κ1) is 11.4. The SMILES string of the molecule is Cc1cccc(-c2cc(N)n(-c3cccnn3)n2)c1. The third-order valence-corrected chi connectivity index (χ3v) is 2.83. The Labute approximate surface area is 110 Å². The first-order chi connectivity index (χ1) is 9.24. The molecule has 0 fully saturated rings. The van der Waals surface area contributed by atoms with Crippen LogP contribution in [-0.2, 0) is 0 Å².